The molecule has 3 heteroatoms. The van der Waals surface area contributed by atoms with Crippen molar-refractivity contribution in [1.29, 1.82) is 0 Å². The van der Waals surface area contributed by atoms with E-state index in [-0.39, 0.29) is 6.54 Å². The van der Waals surface area contributed by atoms with E-state index in [9.17, 15) is 5.11 Å². The second kappa shape index (κ2) is 4.85. The van der Waals surface area contributed by atoms with Crippen LogP contribution in [0.15, 0.2) is 18.2 Å². The highest BCUT2D eigenvalue weighted by molar-refractivity contribution is 5.54. The molecule has 0 heterocycles. The normalized spacial score (nSPS) is 14.6. The molecule has 1 aromatic carbocycles. The molecule has 16 heavy (non-hydrogen) atoms. The number of likely N-dealkylation sites (N-methyl/N-ethyl adjacent to an activating group) is 1. The first-order valence-electron chi connectivity index (χ1n) is 5.56. The zero-order valence-electron chi connectivity index (χ0n) is 10.6. The largest absolute Gasteiger partial charge is 0.387 e. The summed E-state index contributed by atoms with van der Waals surface area (Å²) in [4.78, 5) is 2.04. The second-order valence-electron chi connectivity index (χ2n) is 4.85. The van der Waals surface area contributed by atoms with Crippen molar-refractivity contribution < 1.29 is 5.11 Å². The summed E-state index contributed by atoms with van der Waals surface area (Å²) in [6.07, 6.45) is 0. The lowest BCUT2D eigenvalue weighted by molar-refractivity contribution is 0.0772. The minimum absolute atomic E-state index is 0.266. The van der Waals surface area contributed by atoms with Gasteiger partial charge in [0.25, 0.3) is 0 Å². The van der Waals surface area contributed by atoms with Crippen LogP contribution in [-0.2, 0) is 0 Å². The van der Waals surface area contributed by atoms with Crippen LogP contribution in [0.25, 0.3) is 0 Å². The van der Waals surface area contributed by atoms with Gasteiger partial charge in [0, 0.05) is 25.8 Å². The fourth-order valence-corrected chi connectivity index (χ4v) is 1.89. The van der Waals surface area contributed by atoms with Crippen molar-refractivity contribution in [2.24, 2.45) is 5.73 Å². The third-order valence-electron chi connectivity index (χ3n) is 2.78. The fourth-order valence-electron chi connectivity index (χ4n) is 1.89. The highest BCUT2D eigenvalue weighted by Gasteiger charge is 2.21. The van der Waals surface area contributed by atoms with Gasteiger partial charge in [-0.3, -0.25) is 0 Å². The van der Waals surface area contributed by atoms with Gasteiger partial charge in [-0.25, -0.2) is 0 Å². The van der Waals surface area contributed by atoms with Gasteiger partial charge >= 0.3 is 0 Å². The molecule has 0 bridgehead atoms. The van der Waals surface area contributed by atoms with Gasteiger partial charge < -0.3 is 15.7 Å². The van der Waals surface area contributed by atoms with Crippen molar-refractivity contribution in [1.82, 2.24) is 0 Å². The topological polar surface area (TPSA) is 49.5 Å². The van der Waals surface area contributed by atoms with Crippen molar-refractivity contribution in [2.75, 3.05) is 25.0 Å². The Morgan fingerprint density at radius 1 is 1.38 bits per heavy atom. The van der Waals surface area contributed by atoms with Crippen LogP contribution in [-0.4, -0.2) is 30.8 Å². The molecule has 0 saturated carbocycles. The minimum Gasteiger partial charge on any atom is -0.387 e. The smallest absolute Gasteiger partial charge is 0.0915 e. The number of hydrogen-bond acceptors (Lipinski definition) is 3. The van der Waals surface area contributed by atoms with Crippen molar-refractivity contribution in [3.8, 4) is 0 Å². The summed E-state index contributed by atoms with van der Waals surface area (Å²) < 4.78 is 0. The Balaban J connectivity index is 2.84. The van der Waals surface area contributed by atoms with Crippen molar-refractivity contribution in [3.63, 3.8) is 0 Å². The predicted molar refractivity (Wildman–Crippen MR) is 68.9 cm³/mol. The maximum Gasteiger partial charge on any atom is 0.0915 e. The number of rotatable bonds is 4. The minimum atomic E-state index is -0.841. The average Bonchev–Trinajstić information content (AvgIpc) is 2.16. The molecule has 1 atom stereocenters. The van der Waals surface area contributed by atoms with Crippen molar-refractivity contribution in [2.45, 2.75) is 26.4 Å². The maximum atomic E-state index is 9.93. The lowest BCUT2D eigenvalue weighted by Gasteiger charge is -2.30. The third kappa shape index (κ3) is 3.22. The van der Waals surface area contributed by atoms with E-state index in [1.165, 1.54) is 11.1 Å². The summed E-state index contributed by atoms with van der Waals surface area (Å²) in [5.41, 5.74) is 8.28. The van der Waals surface area contributed by atoms with Gasteiger partial charge in [-0.2, -0.15) is 0 Å². The molecule has 0 amide bonds. The molecule has 0 aromatic heterocycles. The zero-order valence-corrected chi connectivity index (χ0v) is 10.6. The number of hydrogen-bond donors (Lipinski definition) is 2. The Labute approximate surface area is 97.9 Å². The van der Waals surface area contributed by atoms with E-state index < -0.39 is 5.60 Å². The third-order valence-corrected chi connectivity index (χ3v) is 2.78. The van der Waals surface area contributed by atoms with Crippen LogP contribution in [0, 0.1) is 13.8 Å². The molecule has 1 aromatic rings. The van der Waals surface area contributed by atoms with E-state index in [2.05, 4.69) is 32.0 Å². The summed E-state index contributed by atoms with van der Waals surface area (Å²) in [6.45, 7) is 6.71. The predicted octanol–water partition coefficient (Wildman–Crippen LogP) is 1.45. The molecule has 1 rings (SSSR count). The van der Waals surface area contributed by atoms with E-state index in [0.29, 0.717) is 6.54 Å². The number of nitrogens with zero attached hydrogens (tertiary/aromatic N) is 1. The van der Waals surface area contributed by atoms with Crippen LogP contribution < -0.4 is 10.6 Å². The molecule has 0 aliphatic heterocycles. The number of benzene rings is 1. The first-order valence-corrected chi connectivity index (χ1v) is 5.56. The van der Waals surface area contributed by atoms with Crippen LogP contribution >= 0.6 is 0 Å². The van der Waals surface area contributed by atoms with E-state index in [0.717, 1.165) is 5.69 Å². The summed E-state index contributed by atoms with van der Waals surface area (Å²) in [6, 6.07) is 6.30. The molecule has 0 spiro atoms. The first-order chi connectivity index (χ1) is 7.35. The molecule has 1 unspecified atom stereocenters. The maximum absolute atomic E-state index is 9.93. The Hall–Kier alpha value is -1.06. The zero-order chi connectivity index (χ0) is 12.3. The van der Waals surface area contributed by atoms with Crippen molar-refractivity contribution >= 4 is 5.69 Å². The number of nitrogens with two attached hydrogens (primary N) is 1. The fraction of sp³-hybridized carbons (Fsp3) is 0.538. The first kappa shape index (κ1) is 13.0. The van der Waals surface area contributed by atoms with E-state index in [1.807, 2.05) is 11.9 Å². The Morgan fingerprint density at radius 3 is 2.50 bits per heavy atom. The molecule has 0 radical (unpaired) electrons. The monoisotopic (exact) mass is 222 g/mol. The second-order valence-corrected chi connectivity index (χ2v) is 4.85. The van der Waals surface area contributed by atoms with Gasteiger partial charge in [-0.05, 0) is 32.4 Å². The Bertz CT molecular complexity index is 361. The number of aryl methyl sites for hydroxylation is 2. The van der Waals surface area contributed by atoms with Gasteiger partial charge in [0.15, 0.2) is 0 Å². The molecule has 3 nitrogen and oxygen atoms in total. The molecular formula is C13H22N2O. The van der Waals surface area contributed by atoms with Crippen LogP contribution in [0.1, 0.15) is 18.1 Å². The van der Waals surface area contributed by atoms with E-state index in [4.69, 9.17) is 5.73 Å². The van der Waals surface area contributed by atoms with Crippen molar-refractivity contribution in [3.05, 3.63) is 29.3 Å². The lowest BCUT2D eigenvalue weighted by Crippen LogP contribution is -2.45. The van der Waals surface area contributed by atoms with Crippen LogP contribution in [0.2, 0.25) is 0 Å². The summed E-state index contributed by atoms with van der Waals surface area (Å²) in [5, 5.41) is 9.93. The quantitative estimate of drug-likeness (QED) is 0.810. The van der Waals surface area contributed by atoms with Gasteiger partial charge in [0.1, 0.15) is 0 Å². The molecular weight excluding hydrogens is 200 g/mol. The average molecular weight is 222 g/mol. The SMILES string of the molecule is Cc1ccc(N(C)CC(C)(O)CN)c(C)c1. The number of aliphatic hydroxyl groups is 1. The van der Waals surface area contributed by atoms with Gasteiger partial charge in [0.2, 0.25) is 0 Å². The van der Waals surface area contributed by atoms with E-state index in [1.54, 1.807) is 6.92 Å². The van der Waals surface area contributed by atoms with Gasteiger partial charge in [-0.15, -0.1) is 0 Å². The molecule has 0 saturated heterocycles. The van der Waals surface area contributed by atoms with Crippen LogP contribution in [0.4, 0.5) is 5.69 Å². The summed E-state index contributed by atoms with van der Waals surface area (Å²) in [7, 11) is 1.97. The molecule has 3 N–H and O–H groups in total. The van der Waals surface area contributed by atoms with Gasteiger partial charge in [-0.1, -0.05) is 17.7 Å². The Morgan fingerprint density at radius 2 is 2.00 bits per heavy atom. The number of anilines is 1. The standard InChI is InChI=1S/C13H22N2O/c1-10-5-6-12(11(2)7-10)15(4)9-13(3,16)8-14/h5-7,16H,8-9,14H2,1-4H3. The molecule has 90 valence electrons. The lowest BCUT2D eigenvalue weighted by atomic mass is 10.1. The Kier molecular flexibility index (Phi) is 3.94. The van der Waals surface area contributed by atoms with Crippen LogP contribution in [0.5, 0.6) is 0 Å². The van der Waals surface area contributed by atoms with E-state index >= 15 is 0 Å². The summed E-state index contributed by atoms with van der Waals surface area (Å²) in [5.74, 6) is 0. The molecule has 0 fully saturated rings. The highest BCUT2D eigenvalue weighted by atomic mass is 16.3. The van der Waals surface area contributed by atoms with Crippen LogP contribution in [0.3, 0.4) is 0 Å². The highest BCUT2D eigenvalue weighted by Crippen LogP contribution is 2.21. The summed E-state index contributed by atoms with van der Waals surface area (Å²) >= 11 is 0. The van der Waals surface area contributed by atoms with Gasteiger partial charge in [0.05, 0.1) is 5.60 Å². The molecule has 0 aliphatic rings. The molecule has 0 aliphatic carbocycles.